The molecule has 0 unspecified atom stereocenters. The van der Waals surface area contributed by atoms with Gasteiger partial charge in [-0.05, 0) is 91.9 Å². The molecule has 0 spiro atoms. The van der Waals surface area contributed by atoms with Gasteiger partial charge in [-0.1, -0.05) is 31.0 Å². The van der Waals surface area contributed by atoms with E-state index in [1.165, 1.54) is 36.0 Å². The zero-order chi connectivity index (χ0) is 22.5. The molecule has 2 fully saturated rings. The summed E-state index contributed by atoms with van der Waals surface area (Å²) in [6.07, 6.45) is 9.44. The van der Waals surface area contributed by atoms with Gasteiger partial charge in [-0.3, -0.25) is 4.79 Å². The summed E-state index contributed by atoms with van der Waals surface area (Å²) in [4.78, 5) is 12.8. The van der Waals surface area contributed by atoms with E-state index in [1.54, 1.807) is 0 Å². The molecule has 33 heavy (non-hydrogen) atoms. The molecular weight excluding hydrogens is 412 g/mol. The van der Waals surface area contributed by atoms with Crippen LogP contribution in [0.25, 0.3) is 0 Å². The molecule has 1 heterocycles. The minimum atomic E-state index is -0.00870. The van der Waals surface area contributed by atoms with Crippen LogP contribution in [0.2, 0.25) is 0 Å². The lowest BCUT2D eigenvalue weighted by Crippen LogP contribution is -2.38. The molecule has 1 saturated carbocycles. The van der Waals surface area contributed by atoms with Gasteiger partial charge < -0.3 is 20.1 Å². The third-order valence-corrected chi connectivity index (χ3v) is 7.17. The first kappa shape index (κ1) is 22.4. The normalized spacial score (nSPS) is 22.1. The Balaban J connectivity index is 1.08. The van der Waals surface area contributed by atoms with Crippen LogP contribution < -0.4 is 15.4 Å². The van der Waals surface area contributed by atoms with Gasteiger partial charge >= 0.3 is 0 Å². The summed E-state index contributed by atoms with van der Waals surface area (Å²) >= 11 is 0. The largest absolute Gasteiger partial charge is 0.491 e. The summed E-state index contributed by atoms with van der Waals surface area (Å²) in [7, 11) is 0. The number of carbonyl (C=O) groups is 1. The van der Waals surface area contributed by atoms with Gasteiger partial charge in [0.1, 0.15) is 12.4 Å². The fourth-order valence-electron chi connectivity index (χ4n) is 4.92. The van der Waals surface area contributed by atoms with Crippen molar-refractivity contribution in [1.29, 1.82) is 0 Å². The van der Waals surface area contributed by atoms with Crippen molar-refractivity contribution in [2.75, 3.05) is 19.8 Å². The highest BCUT2D eigenvalue weighted by Crippen LogP contribution is 2.31. The molecule has 5 nitrogen and oxygen atoms in total. The third kappa shape index (κ3) is 6.36. The molecule has 176 valence electrons. The van der Waals surface area contributed by atoms with Crippen LogP contribution in [-0.4, -0.2) is 37.8 Å². The lowest BCUT2D eigenvalue weighted by atomic mass is 9.87. The molecule has 5 rings (SSSR count). The van der Waals surface area contributed by atoms with Crippen LogP contribution in [0.5, 0.6) is 5.75 Å². The molecular formula is C28H36N2O3. The van der Waals surface area contributed by atoms with E-state index in [1.807, 2.05) is 24.3 Å². The molecule has 0 aromatic heterocycles. The minimum Gasteiger partial charge on any atom is -0.491 e. The minimum absolute atomic E-state index is 0.00870. The van der Waals surface area contributed by atoms with E-state index in [-0.39, 0.29) is 18.1 Å². The Labute approximate surface area is 197 Å². The Morgan fingerprint density at radius 2 is 1.91 bits per heavy atom. The lowest BCUT2D eigenvalue weighted by Gasteiger charge is -2.26. The van der Waals surface area contributed by atoms with Crippen LogP contribution in [0.15, 0.2) is 42.5 Å². The Bertz CT molecular complexity index is 933. The summed E-state index contributed by atoms with van der Waals surface area (Å²) in [5, 5.41) is 6.82. The number of nitrogens with one attached hydrogen (secondary N) is 2. The van der Waals surface area contributed by atoms with Crippen molar-refractivity contribution in [3.05, 3.63) is 64.7 Å². The van der Waals surface area contributed by atoms with E-state index in [0.717, 1.165) is 63.5 Å². The third-order valence-electron chi connectivity index (χ3n) is 7.17. The van der Waals surface area contributed by atoms with Crippen LogP contribution in [0.4, 0.5) is 0 Å². The number of hydrogen-bond donors (Lipinski definition) is 2. The molecule has 2 aliphatic carbocycles. The number of amides is 1. The second-order valence-corrected chi connectivity index (χ2v) is 9.90. The van der Waals surface area contributed by atoms with Gasteiger partial charge in [-0.25, -0.2) is 0 Å². The molecule has 3 aliphatic rings. The zero-order valence-electron chi connectivity index (χ0n) is 19.5. The second-order valence-electron chi connectivity index (χ2n) is 9.90. The van der Waals surface area contributed by atoms with Crippen molar-refractivity contribution in [1.82, 2.24) is 10.6 Å². The topological polar surface area (TPSA) is 59.6 Å². The highest BCUT2D eigenvalue weighted by Gasteiger charge is 2.22. The van der Waals surface area contributed by atoms with Crippen LogP contribution in [-0.2, 0) is 24.1 Å². The number of carbonyl (C=O) groups excluding carboxylic acids is 1. The highest BCUT2D eigenvalue weighted by atomic mass is 16.5. The average Bonchev–Trinajstić information content (AvgIpc) is 3.52. The molecule has 2 aromatic carbocycles. The van der Waals surface area contributed by atoms with E-state index in [0.29, 0.717) is 12.2 Å². The molecule has 1 saturated heterocycles. The first-order chi connectivity index (χ1) is 16.2. The van der Waals surface area contributed by atoms with Gasteiger partial charge in [-0.15, -0.1) is 0 Å². The SMILES string of the molecule is O=C(N[C@H]1CCc2cc(CNCCC3CC3)ccc2C1)c1ccc(OC[C@@H]2CCCO2)cc1. The molecule has 2 N–H and O–H groups in total. The van der Waals surface area contributed by atoms with Crippen molar-refractivity contribution in [3.8, 4) is 5.75 Å². The Morgan fingerprint density at radius 3 is 2.70 bits per heavy atom. The maximum absolute atomic E-state index is 12.8. The van der Waals surface area contributed by atoms with Gasteiger partial charge in [0.15, 0.2) is 0 Å². The van der Waals surface area contributed by atoms with Crippen molar-refractivity contribution in [3.63, 3.8) is 0 Å². The summed E-state index contributed by atoms with van der Waals surface area (Å²) in [6, 6.07) is 14.5. The summed E-state index contributed by atoms with van der Waals surface area (Å²) in [5.41, 5.74) is 4.85. The molecule has 2 atom stereocenters. The summed E-state index contributed by atoms with van der Waals surface area (Å²) in [6.45, 7) is 3.48. The van der Waals surface area contributed by atoms with E-state index < -0.39 is 0 Å². The van der Waals surface area contributed by atoms with E-state index in [2.05, 4.69) is 28.8 Å². The Kier molecular flexibility index (Phi) is 7.27. The van der Waals surface area contributed by atoms with Crippen molar-refractivity contribution in [2.45, 2.75) is 70.1 Å². The zero-order valence-corrected chi connectivity index (χ0v) is 19.5. The van der Waals surface area contributed by atoms with E-state index in [4.69, 9.17) is 9.47 Å². The van der Waals surface area contributed by atoms with Gasteiger partial charge in [0, 0.05) is 24.8 Å². The molecule has 1 aliphatic heterocycles. The molecule has 0 bridgehead atoms. The van der Waals surface area contributed by atoms with Gasteiger partial charge in [0.05, 0.1) is 6.10 Å². The molecule has 1 amide bonds. The van der Waals surface area contributed by atoms with Crippen LogP contribution in [0, 0.1) is 5.92 Å². The fraction of sp³-hybridized carbons (Fsp3) is 0.536. The van der Waals surface area contributed by atoms with Crippen LogP contribution in [0.3, 0.4) is 0 Å². The number of benzene rings is 2. The van der Waals surface area contributed by atoms with Crippen LogP contribution >= 0.6 is 0 Å². The van der Waals surface area contributed by atoms with Crippen molar-refractivity contribution < 1.29 is 14.3 Å². The maximum Gasteiger partial charge on any atom is 0.251 e. The number of aryl methyl sites for hydroxylation is 1. The van der Waals surface area contributed by atoms with Gasteiger partial charge in [-0.2, -0.15) is 0 Å². The molecule has 0 radical (unpaired) electrons. The monoisotopic (exact) mass is 448 g/mol. The number of fused-ring (bicyclic) bond motifs is 1. The van der Waals surface area contributed by atoms with Gasteiger partial charge in [0.25, 0.3) is 5.91 Å². The van der Waals surface area contributed by atoms with Crippen molar-refractivity contribution >= 4 is 5.91 Å². The Hall–Kier alpha value is -2.37. The average molecular weight is 449 g/mol. The van der Waals surface area contributed by atoms with Gasteiger partial charge in [0.2, 0.25) is 0 Å². The number of hydrogen-bond acceptors (Lipinski definition) is 4. The Morgan fingerprint density at radius 1 is 1.03 bits per heavy atom. The standard InChI is InChI=1S/C28H36N2O3/c31-28(22-8-11-26(12-9-22)33-19-27-2-1-15-32-27)30-25-10-7-23-16-21(5-6-24(23)17-25)18-29-14-13-20-3-4-20/h5-6,8-9,11-12,16,20,25,27,29H,1-4,7,10,13-15,17-19H2,(H,30,31)/t25-,27-/m0/s1. The van der Waals surface area contributed by atoms with E-state index >= 15 is 0 Å². The predicted octanol–water partition coefficient (Wildman–Crippen LogP) is 4.42. The summed E-state index contributed by atoms with van der Waals surface area (Å²) in [5.74, 6) is 1.76. The van der Waals surface area contributed by atoms with E-state index in [9.17, 15) is 4.79 Å². The smallest absolute Gasteiger partial charge is 0.251 e. The van der Waals surface area contributed by atoms with Crippen molar-refractivity contribution in [2.24, 2.45) is 5.92 Å². The molecule has 5 heteroatoms. The molecule has 2 aromatic rings. The number of rotatable bonds is 10. The highest BCUT2D eigenvalue weighted by molar-refractivity contribution is 5.94. The predicted molar refractivity (Wildman–Crippen MR) is 130 cm³/mol. The quantitative estimate of drug-likeness (QED) is 0.528. The lowest BCUT2D eigenvalue weighted by molar-refractivity contribution is 0.0679. The second kappa shape index (κ2) is 10.7. The number of ether oxygens (including phenoxy) is 2. The first-order valence-electron chi connectivity index (χ1n) is 12.7. The fourth-order valence-corrected chi connectivity index (χ4v) is 4.92. The maximum atomic E-state index is 12.8. The first-order valence-corrected chi connectivity index (χ1v) is 12.7. The summed E-state index contributed by atoms with van der Waals surface area (Å²) < 4.78 is 11.4. The van der Waals surface area contributed by atoms with Crippen LogP contribution in [0.1, 0.15) is 65.6 Å².